The topological polar surface area (TPSA) is 61.6 Å². The molecular formula is C10H11F2NO4. The van der Waals surface area contributed by atoms with Gasteiger partial charge in [-0.15, -0.1) is 0 Å². The van der Waals surface area contributed by atoms with E-state index in [-0.39, 0.29) is 17.9 Å². The molecule has 0 fully saturated rings. The van der Waals surface area contributed by atoms with E-state index in [1.54, 1.807) is 0 Å². The molecule has 7 heteroatoms. The van der Waals surface area contributed by atoms with E-state index < -0.39 is 17.1 Å². The molecule has 0 amide bonds. The van der Waals surface area contributed by atoms with Crippen LogP contribution in [-0.2, 0) is 9.47 Å². The first-order valence-electron chi connectivity index (χ1n) is 4.64. The van der Waals surface area contributed by atoms with Gasteiger partial charge in [-0.3, -0.25) is 10.1 Å². The van der Waals surface area contributed by atoms with Crippen molar-refractivity contribution in [2.24, 2.45) is 0 Å². The number of rotatable bonds is 5. The normalized spacial score (nSPS) is 23.8. The van der Waals surface area contributed by atoms with Gasteiger partial charge in [0.25, 0.3) is 5.54 Å². The van der Waals surface area contributed by atoms with Crippen LogP contribution in [0.15, 0.2) is 36.3 Å². The molecule has 0 saturated carbocycles. The molecule has 1 aliphatic carbocycles. The SMILES string of the molecule is C=CC1([N+](=O)[O-])C=CC(OC(F)F)=C(OC)C1. The second kappa shape index (κ2) is 4.94. The lowest BCUT2D eigenvalue weighted by molar-refractivity contribution is -0.541. The first kappa shape index (κ1) is 13.1. The van der Waals surface area contributed by atoms with Crippen LogP contribution < -0.4 is 0 Å². The summed E-state index contributed by atoms with van der Waals surface area (Å²) >= 11 is 0. The average Bonchev–Trinajstić information content (AvgIpc) is 2.28. The third-order valence-electron chi connectivity index (χ3n) is 2.40. The fourth-order valence-corrected chi connectivity index (χ4v) is 1.43. The van der Waals surface area contributed by atoms with Gasteiger partial charge in [0.05, 0.1) is 13.5 Å². The Kier molecular flexibility index (Phi) is 3.82. The van der Waals surface area contributed by atoms with E-state index in [1.807, 2.05) is 0 Å². The molecule has 94 valence electrons. The van der Waals surface area contributed by atoms with Crippen molar-refractivity contribution in [2.45, 2.75) is 18.6 Å². The summed E-state index contributed by atoms with van der Waals surface area (Å²) < 4.78 is 33.1. The second-order valence-electron chi connectivity index (χ2n) is 3.33. The Morgan fingerprint density at radius 1 is 1.71 bits per heavy atom. The highest BCUT2D eigenvalue weighted by Gasteiger charge is 2.42. The molecule has 0 heterocycles. The van der Waals surface area contributed by atoms with Crippen molar-refractivity contribution in [3.05, 3.63) is 46.4 Å². The summed E-state index contributed by atoms with van der Waals surface area (Å²) in [5, 5.41) is 10.9. The van der Waals surface area contributed by atoms with Gasteiger partial charge in [-0.2, -0.15) is 8.78 Å². The Labute approximate surface area is 96.2 Å². The van der Waals surface area contributed by atoms with Gasteiger partial charge in [0.15, 0.2) is 5.76 Å². The summed E-state index contributed by atoms with van der Waals surface area (Å²) in [5.74, 6) is -0.216. The zero-order chi connectivity index (χ0) is 13.1. The maximum absolute atomic E-state index is 12.1. The summed E-state index contributed by atoms with van der Waals surface area (Å²) in [5.41, 5.74) is -1.54. The van der Waals surface area contributed by atoms with Gasteiger partial charge in [-0.25, -0.2) is 0 Å². The standard InChI is InChI=1S/C10H11F2NO4/c1-3-10(13(14)15)5-4-7(17-9(11)12)8(6-10)16-2/h3-5,9H,1,6H2,2H3. The molecule has 0 aromatic carbocycles. The molecule has 0 aliphatic heterocycles. The Morgan fingerprint density at radius 3 is 2.76 bits per heavy atom. The van der Waals surface area contributed by atoms with Crippen LogP contribution in [0.1, 0.15) is 6.42 Å². The lowest BCUT2D eigenvalue weighted by Crippen LogP contribution is -2.36. The molecule has 0 spiro atoms. The minimum atomic E-state index is -3.01. The van der Waals surface area contributed by atoms with Crippen molar-refractivity contribution in [2.75, 3.05) is 7.11 Å². The van der Waals surface area contributed by atoms with Crippen molar-refractivity contribution in [3.8, 4) is 0 Å². The van der Waals surface area contributed by atoms with Crippen LogP contribution in [0.25, 0.3) is 0 Å². The molecule has 0 aromatic rings. The second-order valence-corrected chi connectivity index (χ2v) is 3.33. The highest BCUT2D eigenvalue weighted by atomic mass is 19.3. The van der Waals surface area contributed by atoms with Crippen LogP contribution in [0.5, 0.6) is 0 Å². The molecule has 1 rings (SSSR count). The molecule has 0 bridgehead atoms. The molecule has 5 nitrogen and oxygen atoms in total. The van der Waals surface area contributed by atoms with Gasteiger partial charge < -0.3 is 9.47 Å². The zero-order valence-electron chi connectivity index (χ0n) is 9.06. The van der Waals surface area contributed by atoms with Crippen molar-refractivity contribution < 1.29 is 23.2 Å². The van der Waals surface area contributed by atoms with Crippen molar-refractivity contribution in [1.82, 2.24) is 0 Å². The first-order chi connectivity index (χ1) is 7.95. The van der Waals surface area contributed by atoms with E-state index >= 15 is 0 Å². The van der Waals surface area contributed by atoms with Crippen LogP contribution in [0.3, 0.4) is 0 Å². The van der Waals surface area contributed by atoms with E-state index in [0.29, 0.717) is 0 Å². The fourth-order valence-electron chi connectivity index (χ4n) is 1.43. The minimum absolute atomic E-state index is 0.00981. The van der Waals surface area contributed by atoms with Crippen LogP contribution in [0.4, 0.5) is 8.78 Å². The zero-order valence-corrected chi connectivity index (χ0v) is 9.06. The van der Waals surface area contributed by atoms with Crippen LogP contribution in [0, 0.1) is 10.1 Å². The predicted octanol–water partition coefficient (Wildman–Crippen LogP) is 2.25. The van der Waals surface area contributed by atoms with Gasteiger partial charge in [0, 0.05) is 11.0 Å². The number of halogens is 2. The first-order valence-corrected chi connectivity index (χ1v) is 4.64. The summed E-state index contributed by atoms with van der Waals surface area (Å²) in [6.45, 7) is 0.365. The number of methoxy groups -OCH3 is 1. The van der Waals surface area contributed by atoms with Gasteiger partial charge in [0.1, 0.15) is 5.76 Å². The number of hydrogen-bond acceptors (Lipinski definition) is 4. The van der Waals surface area contributed by atoms with E-state index in [4.69, 9.17) is 4.74 Å². The molecule has 1 unspecified atom stereocenters. The minimum Gasteiger partial charge on any atom is -0.497 e. The smallest absolute Gasteiger partial charge is 0.387 e. The quantitative estimate of drug-likeness (QED) is 0.424. The van der Waals surface area contributed by atoms with Crippen molar-refractivity contribution in [1.29, 1.82) is 0 Å². The number of ether oxygens (including phenoxy) is 2. The van der Waals surface area contributed by atoms with Crippen LogP contribution >= 0.6 is 0 Å². The third-order valence-corrected chi connectivity index (χ3v) is 2.40. The van der Waals surface area contributed by atoms with Gasteiger partial charge in [-0.1, -0.05) is 6.58 Å². The monoisotopic (exact) mass is 247 g/mol. The van der Waals surface area contributed by atoms with E-state index in [2.05, 4.69) is 11.3 Å². The molecule has 0 radical (unpaired) electrons. The summed E-state index contributed by atoms with van der Waals surface area (Å²) in [6.07, 6.45) is 3.17. The highest BCUT2D eigenvalue weighted by molar-refractivity contribution is 5.31. The Morgan fingerprint density at radius 2 is 2.35 bits per heavy atom. The van der Waals surface area contributed by atoms with Gasteiger partial charge >= 0.3 is 6.61 Å². The highest BCUT2D eigenvalue weighted by Crippen LogP contribution is 2.32. The van der Waals surface area contributed by atoms with E-state index in [0.717, 1.165) is 18.2 Å². The molecule has 17 heavy (non-hydrogen) atoms. The van der Waals surface area contributed by atoms with E-state index in [9.17, 15) is 18.9 Å². The number of alkyl halides is 2. The molecule has 1 atom stereocenters. The summed E-state index contributed by atoms with van der Waals surface area (Å²) in [6, 6.07) is 0. The largest absolute Gasteiger partial charge is 0.497 e. The van der Waals surface area contributed by atoms with Crippen LogP contribution in [0.2, 0.25) is 0 Å². The maximum atomic E-state index is 12.1. The fraction of sp³-hybridized carbons (Fsp3) is 0.400. The molecule has 0 aromatic heterocycles. The number of allylic oxidation sites excluding steroid dienone is 1. The lowest BCUT2D eigenvalue weighted by Gasteiger charge is -2.24. The number of hydrogen-bond donors (Lipinski definition) is 0. The Hall–Kier alpha value is -1.92. The average molecular weight is 247 g/mol. The Balaban J connectivity index is 3.03. The van der Waals surface area contributed by atoms with Crippen molar-refractivity contribution >= 4 is 0 Å². The summed E-state index contributed by atoms with van der Waals surface area (Å²) in [7, 11) is 1.23. The maximum Gasteiger partial charge on any atom is 0.387 e. The predicted molar refractivity (Wildman–Crippen MR) is 54.8 cm³/mol. The van der Waals surface area contributed by atoms with Gasteiger partial charge in [-0.05, 0) is 12.2 Å². The van der Waals surface area contributed by atoms with E-state index in [1.165, 1.54) is 7.11 Å². The third kappa shape index (κ3) is 2.61. The Bertz CT molecular complexity index is 392. The molecule has 0 saturated heterocycles. The molecular weight excluding hydrogens is 236 g/mol. The molecule has 1 aliphatic rings. The van der Waals surface area contributed by atoms with Crippen molar-refractivity contribution in [3.63, 3.8) is 0 Å². The number of nitrogens with zero attached hydrogens (tertiary/aromatic N) is 1. The van der Waals surface area contributed by atoms with Gasteiger partial charge in [0.2, 0.25) is 0 Å². The summed E-state index contributed by atoms with van der Waals surface area (Å²) in [4.78, 5) is 10.4. The van der Waals surface area contributed by atoms with Crippen LogP contribution in [-0.4, -0.2) is 24.2 Å². The lowest BCUT2D eigenvalue weighted by atomic mass is 9.90. The molecule has 0 N–H and O–H groups in total. The number of nitro groups is 1.